The van der Waals surface area contributed by atoms with Gasteiger partial charge >= 0.3 is 0 Å². The summed E-state index contributed by atoms with van der Waals surface area (Å²) in [5, 5.41) is 6.54. The van der Waals surface area contributed by atoms with Crippen molar-refractivity contribution in [1.29, 1.82) is 0 Å². The Kier molecular flexibility index (Phi) is 5.08. The minimum Gasteiger partial charge on any atom is -0.381 e. The number of para-hydroxylation sites is 1. The van der Waals surface area contributed by atoms with Crippen LogP contribution < -0.4 is 10.6 Å². The second kappa shape index (κ2) is 7.62. The molecule has 120 valence electrons. The van der Waals surface area contributed by atoms with Crippen molar-refractivity contribution in [2.75, 3.05) is 10.6 Å². The molecule has 1 amide bonds. The lowest BCUT2D eigenvalue weighted by Gasteiger charge is -2.09. The fourth-order valence-corrected chi connectivity index (χ4v) is 2.40. The van der Waals surface area contributed by atoms with Crippen molar-refractivity contribution >= 4 is 28.9 Å². The number of aromatic nitrogens is 1. The van der Waals surface area contributed by atoms with E-state index in [0.717, 1.165) is 11.3 Å². The molecule has 2 N–H and O–H groups in total. The number of carbonyl (C=O) groups excluding carboxylic acids is 1. The van der Waals surface area contributed by atoms with Gasteiger partial charge in [0.2, 0.25) is 0 Å². The Bertz CT molecular complexity index is 837. The zero-order chi connectivity index (χ0) is 16.8. The van der Waals surface area contributed by atoms with Crippen LogP contribution >= 0.6 is 11.6 Å². The molecule has 0 aliphatic carbocycles. The molecule has 3 aromatic rings. The highest BCUT2D eigenvalue weighted by Crippen LogP contribution is 2.21. The topological polar surface area (TPSA) is 54.0 Å². The summed E-state index contributed by atoms with van der Waals surface area (Å²) in [7, 11) is 0. The summed E-state index contributed by atoms with van der Waals surface area (Å²) < 4.78 is 0. The van der Waals surface area contributed by atoms with Crippen molar-refractivity contribution in [3.8, 4) is 0 Å². The van der Waals surface area contributed by atoms with Crippen LogP contribution in [-0.4, -0.2) is 10.9 Å². The second-order valence-electron chi connectivity index (χ2n) is 5.20. The van der Waals surface area contributed by atoms with Crippen molar-refractivity contribution in [3.63, 3.8) is 0 Å². The molecule has 0 radical (unpaired) electrons. The Balaban J connectivity index is 1.68. The zero-order valence-electron chi connectivity index (χ0n) is 12.9. The molecule has 0 saturated carbocycles. The van der Waals surface area contributed by atoms with Crippen LogP contribution in [0, 0.1) is 0 Å². The number of halogens is 1. The van der Waals surface area contributed by atoms with Crippen LogP contribution in [0.1, 0.15) is 16.1 Å². The van der Waals surface area contributed by atoms with Gasteiger partial charge in [0.05, 0.1) is 10.7 Å². The molecule has 3 rings (SSSR count). The molecule has 0 spiro atoms. The van der Waals surface area contributed by atoms with Crippen LogP contribution in [0.4, 0.5) is 11.4 Å². The van der Waals surface area contributed by atoms with Gasteiger partial charge in [-0.15, -0.1) is 0 Å². The minimum atomic E-state index is -0.300. The van der Waals surface area contributed by atoms with Crippen molar-refractivity contribution in [2.45, 2.75) is 6.54 Å². The van der Waals surface area contributed by atoms with E-state index in [1.807, 2.05) is 48.5 Å². The van der Waals surface area contributed by atoms with Crippen molar-refractivity contribution in [1.82, 2.24) is 4.98 Å². The predicted octanol–water partition coefficient (Wildman–Crippen LogP) is 4.60. The normalized spacial score (nSPS) is 10.2. The van der Waals surface area contributed by atoms with Gasteiger partial charge in [-0.25, -0.2) is 0 Å². The average Bonchev–Trinajstić information content (AvgIpc) is 2.63. The maximum atomic E-state index is 12.3. The summed E-state index contributed by atoms with van der Waals surface area (Å²) in [4.78, 5) is 16.5. The molecule has 0 atom stereocenters. The first-order valence-corrected chi connectivity index (χ1v) is 7.90. The van der Waals surface area contributed by atoms with Crippen LogP contribution in [0.25, 0.3) is 0 Å². The molecular formula is C19H16ClN3O. The van der Waals surface area contributed by atoms with E-state index in [2.05, 4.69) is 15.6 Å². The number of hydrogen-bond acceptors (Lipinski definition) is 3. The Hall–Kier alpha value is -2.85. The third-order valence-corrected chi connectivity index (χ3v) is 3.78. The summed E-state index contributed by atoms with van der Waals surface area (Å²) in [5.41, 5.74) is 2.89. The fraction of sp³-hybridized carbons (Fsp3) is 0.0526. The maximum Gasteiger partial charge on any atom is 0.274 e. The number of anilines is 2. The number of pyridine rings is 1. The summed E-state index contributed by atoms with van der Waals surface area (Å²) in [6.07, 6.45) is 1.61. The quantitative estimate of drug-likeness (QED) is 0.715. The van der Waals surface area contributed by atoms with Crippen molar-refractivity contribution in [3.05, 3.63) is 89.2 Å². The number of hydrogen-bond donors (Lipinski definition) is 2. The standard InChI is InChI=1S/C19H16ClN3O/c20-16-8-4-5-9-17(16)23-19(24)18-12-15(10-11-21-18)22-13-14-6-2-1-3-7-14/h1-12H,13H2,(H,21,22)(H,23,24). The van der Waals surface area contributed by atoms with Gasteiger partial charge in [-0.1, -0.05) is 54.1 Å². The number of amides is 1. The van der Waals surface area contributed by atoms with Gasteiger partial charge in [-0.3, -0.25) is 9.78 Å². The molecule has 4 nitrogen and oxygen atoms in total. The molecule has 2 aromatic carbocycles. The van der Waals surface area contributed by atoms with Crippen LogP contribution in [0.15, 0.2) is 72.9 Å². The highest BCUT2D eigenvalue weighted by atomic mass is 35.5. The van der Waals surface area contributed by atoms with Gasteiger partial charge in [-0.05, 0) is 29.8 Å². The first-order chi connectivity index (χ1) is 11.7. The average molecular weight is 338 g/mol. The Morgan fingerprint density at radius 1 is 1.00 bits per heavy atom. The third kappa shape index (κ3) is 4.12. The highest BCUT2D eigenvalue weighted by Gasteiger charge is 2.10. The molecule has 24 heavy (non-hydrogen) atoms. The Morgan fingerprint density at radius 2 is 1.75 bits per heavy atom. The lowest BCUT2D eigenvalue weighted by molar-refractivity contribution is 0.102. The van der Waals surface area contributed by atoms with Gasteiger partial charge in [0.1, 0.15) is 5.69 Å². The molecule has 0 aliphatic rings. The number of rotatable bonds is 5. The first kappa shape index (κ1) is 16.0. The molecule has 5 heteroatoms. The lowest BCUT2D eigenvalue weighted by atomic mass is 10.2. The minimum absolute atomic E-state index is 0.300. The molecule has 0 bridgehead atoms. The van der Waals surface area contributed by atoms with E-state index < -0.39 is 0 Å². The lowest BCUT2D eigenvalue weighted by Crippen LogP contribution is -2.14. The number of benzene rings is 2. The monoisotopic (exact) mass is 337 g/mol. The van der Waals surface area contributed by atoms with Crippen molar-refractivity contribution < 1.29 is 4.79 Å². The zero-order valence-corrected chi connectivity index (χ0v) is 13.6. The van der Waals surface area contributed by atoms with Crippen LogP contribution in [-0.2, 0) is 6.54 Å². The molecular weight excluding hydrogens is 322 g/mol. The van der Waals surface area contributed by atoms with Gasteiger partial charge < -0.3 is 10.6 Å². The summed E-state index contributed by atoms with van der Waals surface area (Å²) in [6.45, 7) is 0.677. The molecule has 0 unspecified atom stereocenters. The Morgan fingerprint density at radius 3 is 2.54 bits per heavy atom. The van der Waals surface area contributed by atoms with Crippen LogP contribution in [0.5, 0.6) is 0 Å². The van der Waals surface area contributed by atoms with Crippen LogP contribution in [0.3, 0.4) is 0 Å². The maximum absolute atomic E-state index is 12.3. The Labute approximate surface area is 145 Å². The van der Waals surface area contributed by atoms with Gasteiger partial charge in [0, 0.05) is 18.4 Å². The van der Waals surface area contributed by atoms with Crippen molar-refractivity contribution in [2.24, 2.45) is 0 Å². The summed E-state index contributed by atoms with van der Waals surface area (Å²) in [6, 6.07) is 20.7. The van der Waals surface area contributed by atoms with Gasteiger partial charge in [0.25, 0.3) is 5.91 Å². The van der Waals surface area contributed by atoms with Crippen LogP contribution in [0.2, 0.25) is 5.02 Å². The van der Waals surface area contributed by atoms with E-state index >= 15 is 0 Å². The molecule has 0 aliphatic heterocycles. The van der Waals surface area contributed by atoms with E-state index in [9.17, 15) is 4.79 Å². The van der Waals surface area contributed by atoms with E-state index in [1.165, 1.54) is 0 Å². The second-order valence-corrected chi connectivity index (χ2v) is 5.61. The number of nitrogens with one attached hydrogen (secondary N) is 2. The fourth-order valence-electron chi connectivity index (χ4n) is 2.21. The largest absolute Gasteiger partial charge is 0.381 e. The van der Waals surface area contributed by atoms with E-state index in [0.29, 0.717) is 22.9 Å². The molecule has 1 heterocycles. The predicted molar refractivity (Wildman–Crippen MR) is 97.4 cm³/mol. The number of nitrogens with zero attached hydrogens (tertiary/aromatic N) is 1. The molecule has 0 saturated heterocycles. The summed E-state index contributed by atoms with van der Waals surface area (Å²) in [5.74, 6) is -0.300. The molecule has 0 fully saturated rings. The van der Waals surface area contributed by atoms with E-state index in [1.54, 1.807) is 24.4 Å². The molecule has 1 aromatic heterocycles. The smallest absolute Gasteiger partial charge is 0.274 e. The summed E-state index contributed by atoms with van der Waals surface area (Å²) >= 11 is 6.06. The third-order valence-electron chi connectivity index (χ3n) is 3.45. The first-order valence-electron chi connectivity index (χ1n) is 7.52. The van der Waals surface area contributed by atoms with Gasteiger partial charge in [-0.2, -0.15) is 0 Å². The van der Waals surface area contributed by atoms with Gasteiger partial charge in [0.15, 0.2) is 0 Å². The van der Waals surface area contributed by atoms with E-state index in [4.69, 9.17) is 11.6 Å². The highest BCUT2D eigenvalue weighted by molar-refractivity contribution is 6.33. The SMILES string of the molecule is O=C(Nc1ccccc1Cl)c1cc(NCc2ccccc2)ccn1. The number of carbonyl (C=O) groups is 1. The van der Waals surface area contributed by atoms with E-state index in [-0.39, 0.29) is 5.91 Å².